The van der Waals surface area contributed by atoms with E-state index in [-0.39, 0.29) is 16.4 Å². The van der Waals surface area contributed by atoms with Gasteiger partial charge in [0, 0.05) is 38.0 Å². The summed E-state index contributed by atoms with van der Waals surface area (Å²) >= 11 is 1.38. The predicted octanol–water partition coefficient (Wildman–Crippen LogP) is 3.68. The zero-order valence-corrected chi connectivity index (χ0v) is 18.0. The van der Waals surface area contributed by atoms with Crippen molar-refractivity contribution in [3.8, 4) is 0 Å². The molecule has 1 saturated heterocycles. The molecule has 6 nitrogen and oxygen atoms in total. The molecule has 1 aliphatic heterocycles. The summed E-state index contributed by atoms with van der Waals surface area (Å²) in [6, 6.07) is 9.22. The van der Waals surface area contributed by atoms with Crippen LogP contribution in [0.2, 0.25) is 0 Å². The van der Waals surface area contributed by atoms with Gasteiger partial charge in [0.1, 0.15) is 5.52 Å². The number of rotatable bonds is 3. The lowest BCUT2D eigenvalue weighted by Crippen LogP contribution is -2.48. The molecule has 0 atom stereocenters. The molecule has 0 N–H and O–H groups in total. The highest BCUT2D eigenvalue weighted by molar-refractivity contribution is 7.91. The number of carbonyl (C=O) groups excluding carboxylic acids is 1. The van der Waals surface area contributed by atoms with Crippen LogP contribution in [0.1, 0.15) is 15.9 Å². The molecule has 0 saturated carbocycles. The minimum absolute atomic E-state index is 0.184. The van der Waals surface area contributed by atoms with Gasteiger partial charge < -0.3 is 9.80 Å². The first kappa shape index (κ1) is 21.6. The van der Waals surface area contributed by atoms with Crippen LogP contribution in [-0.4, -0.2) is 56.6 Å². The summed E-state index contributed by atoms with van der Waals surface area (Å²) in [7, 11) is -3.41. The monoisotopic (exact) mass is 469 g/mol. The highest BCUT2D eigenvalue weighted by Crippen LogP contribution is 2.33. The van der Waals surface area contributed by atoms with Gasteiger partial charge in [-0.25, -0.2) is 13.4 Å². The second kappa shape index (κ2) is 7.79. The predicted molar refractivity (Wildman–Crippen MR) is 112 cm³/mol. The Morgan fingerprint density at radius 1 is 1.03 bits per heavy atom. The Morgan fingerprint density at radius 2 is 1.68 bits per heavy atom. The normalized spacial score (nSPS) is 15.5. The highest BCUT2D eigenvalue weighted by Gasteiger charge is 2.31. The quantitative estimate of drug-likeness (QED) is 0.585. The molecule has 1 aromatic heterocycles. The summed E-state index contributed by atoms with van der Waals surface area (Å²) in [5, 5.41) is 0.674. The van der Waals surface area contributed by atoms with Crippen molar-refractivity contribution in [3.63, 3.8) is 0 Å². The largest absolute Gasteiger partial charge is 0.416 e. The third kappa shape index (κ3) is 4.38. The summed E-state index contributed by atoms with van der Waals surface area (Å²) in [5.74, 6) is -0.322. The first-order valence-corrected chi connectivity index (χ1v) is 12.1. The van der Waals surface area contributed by atoms with E-state index in [1.54, 1.807) is 11.0 Å². The van der Waals surface area contributed by atoms with Gasteiger partial charge in [0.25, 0.3) is 5.91 Å². The summed E-state index contributed by atoms with van der Waals surface area (Å²) in [4.78, 5) is 20.9. The van der Waals surface area contributed by atoms with Gasteiger partial charge in [0.05, 0.1) is 15.2 Å². The molecule has 0 spiro atoms. The number of hydrogen-bond acceptors (Lipinski definition) is 6. The number of piperazine rings is 1. The summed E-state index contributed by atoms with van der Waals surface area (Å²) in [6.45, 7) is 1.74. The van der Waals surface area contributed by atoms with Gasteiger partial charge in [-0.1, -0.05) is 17.4 Å². The standard InChI is InChI=1S/C20H18F3N3O3S2/c1-31(28,29)16-4-2-3-15-17(16)24-19(30-15)26-11-9-25(10-12-26)18(27)13-5-7-14(8-6-13)20(21,22)23/h2-8H,9-12H2,1H3. The van der Waals surface area contributed by atoms with Gasteiger partial charge in [0.2, 0.25) is 0 Å². The van der Waals surface area contributed by atoms with Gasteiger partial charge in [-0.15, -0.1) is 0 Å². The average Bonchev–Trinajstić information content (AvgIpc) is 3.16. The molecule has 0 bridgehead atoms. The fourth-order valence-electron chi connectivity index (χ4n) is 3.43. The number of benzene rings is 2. The molecule has 0 aliphatic carbocycles. The number of halogens is 3. The topological polar surface area (TPSA) is 70.6 Å². The second-order valence-corrected chi connectivity index (χ2v) is 10.2. The van der Waals surface area contributed by atoms with Crippen LogP contribution in [0.25, 0.3) is 10.2 Å². The van der Waals surface area contributed by atoms with Crippen LogP contribution >= 0.6 is 11.3 Å². The molecule has 3 aromatic rings. The molecule has 4 rings (SSSR count). The van der Waals surface area contributed by atoms with Crippen LogP contribution in [-0.2, 0) is 16.0 Å². The van der Waals surface area contributed by atoms with Crippen molar-refractivity contribution >= 4 is 42.4 Å². The van der Waals surface area contributed by atoms with E-state index in [0.29, 0.717) is 36.8 Å². The van der Waals surface area contributed by atoms with E-state index in [0.717, 1.165) is 23.1 Å². The molecule has 2 aromatic carbocycles. The summed E-state index contributed by atoms with van der Waals surface area (Å²) in [5.41, 5.74) is -0.148. The molecular weight excluding hydrogens is 451 g/mol. The Hall–Kier alpha value is -2.66. The third-order valence-electron chi connectivity index (χ3n) is 5.07. The highest BCUT2D eigenvalue weighted by atomic mass is 32.2. The molecule has 164 valence electrons. The van der Waals surface area contributed by atoms with E-state index in [2.05, 4.69) is 4.98 Å². The summed E-state index contributed by atoms with van der Waals surface area (Å²) in [6.07, 6.45) is -3.30. The van der Waals surface area contributed by atoms with Crippen LogP contribution in [0.15, 0.2) is 47.4 Å². The zero-order valence-electron chi connectivity index (χ0n) is 16.4. The maximum absolute atomic E-state index is 12.7. The van der Waals surface area contributed by atoms with Gasteiger partial charge in [-0.3, -0.25) is 4.79 Å². The number of hydrogen-bond donors (Lipinski definition) is 0. The van der Waals surface area contributed by atoms with Crippen molar-refractivity contribution in [2.45, 2.75) is 11.1 Å². The number of nitrogens with zero attached hydrogens (tertiary/aromatic N) is 3. The smallest absolute Gasteiger partial charge is 0.345 e. The Morgan fingerprint density at radius 3 is 2.26 bits per heavy atom. The molecule has 1 aliphatic rings. The molecule has 11 heteroatoms. The maximum atomic E-state index is 12.7. The Bertz CT molecular complexity index is 1230. The van der Waals surface area contributed by atoms with E-state index in [9.17, 15) is 26.4 Å². The zero-order chi connectivity index (χ0) is 22.4. The minimum Gasteiger partial charge on any atom is -0.345 e. The number of para-hydroxylation sites is 1. The third-order valence-corrected chi connectivity index (χ3v) is 7.28. The second-order valence-electron chi connectivity index (χ2n) is 7.23. The molecule has 1 fully saturated rings. The number of alkyl halides is 3. The number of fused-ring (bicyclic) bond motifs is 1. The first-order valence-electron chi connectivity index (χ1n) is 9.35. The number of sulfone groups is 1. The number of thiazole rings is 1. The van der Waals surface area contributed by atoms with E-state index >= 15 is 0 Å². The minimum atomic E-state index is -4.44. The molecule has 31 heavy (non-hydrogen) atoms. The molecule has 0 radical (unpaired) electrons. The Kier molecular flexibility index (Phi) is 5.42. The lowest BCUT2D eigenvalue weighted by Gasteiger charge is -2.34. The lowest BCUT2D eigenvalue weighted by molar-refractivity contribution is -0.137. The number of amides is 1. The number of carbonyl (C=O) groups is 1. The van der Waals surface area contributed by atoms with E-state index in [4.69, 9.17) is 0 Å². The van der Waals surface area contributed by atoms with Gasteiger partial charge in [-0.05, 0) is 36.4 Å². The summed E-state index contributed by atoms with van der Waals surface area (Å²) < 4.78 is 62.9. The fraction of sp³-hybridized carbons (Fsp3) is 0.300. The average molecular weight is 470 g/mol. The molecule has 2 heterocycles. The maximum Gasteiger partial charge on any atom is 0.416 e. The van der Waals surface area contributed by atoms with Crippen molar-refractivity contribution < 1.29 is 26.4 Å². The Labute approximate surface area is 180 Å². The van der Waals surface area contributed by atoms with Crippen LogP contribution in [0.3, 0.4) is 0 Å². The Balaban J connectivity index is 1.47. The van der Waals surface area contributed by atoms with Gasteiger partial charge in [0.15, 0.2) is 15.0 Å². The lowest BCUT2D eigenvalue weighted by atomic mass is 10.1. The van der Waals surface area contributed by atoms with Gasteiger partial charge in [-0.2, -0.15) is 13.2 Å². The van der Waals surface area contributed by atoms with Crippen molar-refractivity contribution in [2.24, 2.45) is 0 Å². The van der Waals surface area contributed by atoms with E-state index in [1.807, 2.05) is 11.0 Å². The van der Waals surface area contributed by atoms with Crippen LogP contribution in [0, 0.1) is 0 Å². The van der Waals surface area contributed by atoms with Crippen LogP contribution < -0.4 is 4.90 Å². The van der Waals surface area contributed by atoms with Gasteiger partial charge >= 0.3 is 6.18 Å². The molecule has 0 unspecified atom stereocenters. The SMILES string of the molecule is CS(=O)(=O)c1cccc2sc(N3CCN(C(=O)c4ccc(C(F)(F)F)cc4)CC3)nc12. The van der Waals surface area contributed by atoms with E-state index in [1.165, 1.54) is 29.5 Å². The van der Waals surface area contributed by atoms with Crippen molar-refractivity contribution in [1.82, 2.24) is 9.88 Å². The van der Waals surface area contributed by atoms with Crippen molar-refractivity contribution in [2.75, 3.05) is 37.3 Å². The molecule has 1 amide bonds. The van der Waals surface area contributed by atoms with Crippen LogP contribution in [0.4, 0.5) is 18.3 Å². The van der Waals surface area contributed by atoms with Crippen molar-refractivity contribution in [1.29, 1.82) is 0 Å². The fourth-order valence-corrected chi connectivity index (χ4v) is 5.37. The number of anilines is 1. The number of aromatic nitrogens is 1. The first-order chi connectivity index (χ1) is 14.5. The van der Waals surface area contributed by atoms with Crippen LogP contribution in [0.5, 0.6) is 0 Å². The molecular formula is C20H18F3N3O3S2. The van der Waals surface area contributed by atoms with E-state index < -0.39 is 21.6 Å². The van der Waals surface area contributed by atoms with Crippen molar-refractivity contribution in [3.05, 3.63) is 53.6 Å².